The molecule has 3 nitrogen and oxygen atoms in total. The third-order valence-corrected chi connectivity index (χ3v) is 3.87. The fraction of sp³-hybridized carbons (Fsp3) is 0.571. The van der Waals surface area contributed by atoms with E-state index in [0.717, 1.165) is 38.3 Å². The average molecular weight is 232 g/mol. The number of ether oxygens (including phenoxy) is 1. The van der Waals surface area contributed by atoms with E-state index in [9.17, 15) is 0 Å². The summed E-state index contributed by atoms with van der Waals surface area (Å²) in [6.07, 6.45) is 4.00. The molecule has 0 saturated carbocycles. The first-order valence-electron chi connectivity index (χ1n) is 6.53. The van der Waals surface area contributed by atoms with E-state index in [0.29, 0.717) is 6.10 Å². The molecule has 0 bridgehead atoms. The van der Waals surface area contributed by atoms with Crippen LogP contribution in [-0.2, 0) is 17.7 Å². The molecular formula is C14H20N2O. The Morgan fingerprint density at radius 3 is 3.18 bits per heavy atom. The monoisotopic (exact) mass is 232 g/mol. The summed E-state index contributed by atoms with van der Waals surface area (Å²) in [5.41, 5.74) is 9.75. The van der Waals surface area contributed by atoms with Crippen molar-refractivity contribution < 1.29 is 4.74 Å². The Hall–Kier alpha value is -1.06. The van der Waals surface area contributed by atoms with Crippen molar-refractivity contribution in [2.24, 2.45) is 0 Å². The van der Waals surface area contributed by atoms with Crippen molar-refractivity contribution in [2.45, 2.75) is 31.9 Å². The molecule has 1 saturated heterocycles. The smallest absolute Gasteiger partial charge is 0.0702 e. The van der Waals surface area contributed by atoms with Gasteiger partial charge in [-0.25, -0.2) is 0 Å². The van der Waals surface area contributed by atoms with Crippen LogP contribution in [0.4, 0.5) is 5.69 Å². The summed E-state index contributed by atoms with van der Waals surface area (Å²) >= 11 is 0. The highest BCUT2D eigenvalue weighted by atomic mass is 16.5. The van der Waals surface area contributed by atoms with E-state index in [1.807, 2.05) is 6.07 Å². The Balaban J connectivity index is 1.69. The number of nitrogens with zero attached hydrogens (tertiary/aromatic N) is 1. The summed E-state index contributed by atoms with van der Waals surface area (Å²) < 4.78 is 5.70. The van der Waals surface area contributed by atoms with Crippen LogP contribution in [0.25, 0.3) is 0 Å². The second-order valence-corrected chi connectivity index (χ2v) is 5.11. The van der Waals surface area contributed by atoms with Crippen LogP contribution in [-0.4, -0.2) is 30.7 Å². The van der Waals surface area contributed by atoms with Crippen LogP contribution in [0.5, 0.6) is 0 Å². The van der Waals surface area contributed by atoms with Crippen LogP contribution in [0.3, 0.4) is 0 Å². The molecule has 17 heavy (non-hydrogen) atoms. The van der Waals surface area contributed by atoms with Crippen LogP contribution >= 0.6 is 0 Å². The summed E-state index contributed by atoms with van der Waals surface area (Å²) in [6.45, 7) is 4.13. The van der Waals surface area contributed by atoms with Gasteiger partial charge in [0.05, 0.1) is 6.10 Å². The van der Waals surface area contributed by atoms with E-state index in [2.05, 4.69) is 17.0 Å². The summed E-state index contributed by atoms with van der Waals surface area (Å²) in [7, 11) is 0. The Morgan fingerprint density at radius 2 is 2.35 bits per heavy atom. The molecule has 3 heteroatoms. The lowest BCUT2D eigenvalue weighted by Gasteiger charge is -2.31. The molecular weight excluding hydrogens is 212 g/mol. The van der Waals surface area contributed by atoms with Gasteiger partial charge in [-0.1, -0.05) is 12.1 Å². The standard InChI is InChI=1S/C14H20N2O/c15-14-5-1-3-11-6-7-16(10-13(11)14)9-12-4-2-8-17-12/h1,3,5,12H,2,4,6-10,15H2. The zero-order valence-electron chi connectivity index (χ0n) is 10.2. The van der Waals surface area contributed by atoms with Gasteiger partial charge in [-0.2, -0.15) is 0 Å². The van der Waals surface area contributed by atoms with Crippen LogP contribution in [0.2, 0.25) is 0 Å². The molecule has 1 aromatic carbocycles. The molecule has 2 aliphatic heterocycles. The number of anilines is 1. The van der Waals surface area contributed by atoms with Crippen molar-refractivity contribution in [3.63, 3.8) is 0 Å². The highest BCUT2D eigenvalue weighted by molar-refractivity contribution is 5.51. The molecule has 0 aliphatic carbocycles. The molecule has 0 radical (unpaired) electrons. The summed E-state index contributed by atoms with van der Waals surface area (Å²) in [6, 6.07) is 6.27. The van der Waals surface area contributed by atoms with Gasteiger partial charge in [-0.15, -0.1) is 0 Å². The van der Waals surface area contributed by atoms with Gasteiger partial charge in [0.15, 0.2) is 0 Å². The third-order valence-electron chi connectivity index (χ3n) is 3.87. The van der Waals surface area contributed by atoms with Crippen LogP contribution in [0, 0.1) is 0 Å². The highest BCUT2D eigenvalue weighted by Gasteiger charge is 2.23. The maximum absolute atomic E-state index is 6.05. The first kappa shape index (κ1) is 11.1. The van der Waals surface area contributed by atoms with E-state index in [-0.39, 0.29) is 0 Å². The van der Waals surface area contributed by atoms with E-state index < -0.39 is 0 Å². The maximum atomic E-state index is 6.05. The third kappa shape index (κ3) is 2.31. The molecule has 2 heterocycles. The first-order valence-corrected chi connectivity index (χ1v) is 6.53. The molecule has 1 atom stereocenters. The normalized spacial score (nSPS) is 24.8. The lowest BCUT2D eigenvalue weighted by atomic mass is 9.98. The highest BCUT2D eigenvalue weighted by Crippen LogP contribution is 2.25. The van der Waals surface area contributed by atoms with Crippen LogP contribution in [0.1, 0.15) is 24.0 Å². The topological polar surface area (TPSA) is 38.5 Å². The van der Waals surface area contributed by atoms with Crippen molar-refractivity contribution in [3.05, 3.63) is 29.3 Å². The van der Waals surface area contributed by atoms with Crippen molar-refractivity contribution >= 4 is 5.69 Å². The minimum atomic E-state index is 0.446. The Kier molecular flexibility index (Phi) is 3.04. The van der Waals surface area contributed by atoms with E-state index in [1.54, 1.807) is 0 Å². The zero-order valence-corrected chi connectivity index (χ0v) is 10.2. The average Bonchev–Trinajstić information content (AvgIpc) is 2.83. The number of benzene rings is 1. The lowest BCUT2D eigenvalue weighted by molar-refractivity contribution is 0.0689. The number of hydrogen-bond donors (Lipinski definition) is 1. The first-order chi connectivity index (χ1) is 8.33. The van der Waals surface area contributed by atoms with E-state index >= 15 is 0 Å². The SMILES string of the molecule is Nc1cccc2c1CN(CC1CCCO1)CC2. The minimum Gasteiger partial charge on any atom is -0.398 e. The summed E-state index contributed by atoms with van der Waals surface area (Å²) in [5.74, 6) is 0. The molecule has 3 rings (SSSR count). The molecule has 1 unspecified atom stereocenters. The van der Waals surface area contributed by atoms with Gasteiger partial charge in [-0.3, -0.25) is 4.90 Å². The maximum Gasteiger partial charge on any atom is 0.0702 e. The predicted molar refractivity (Wildman–Crippen MR) is 68.8 cm³/mol. The van der Waals surface area contributed by atoms with Gasteiger partial charge >= 0.3 is 0 Å². The molecule has 92 valence electrons. The Bertz CT molecular complexity index is 399. The van der Waals surface area contributed by atoms with Gasteiger partial charge in [0.2, 0.25) is 0 Å². The summed E-state index contributed by atoms with van der Waals surface area (Å²) in [5, 5.41) is 0. The van der Waals surface area contributed by atoms with Crippen LogP contribution in [0.15, 0.2) is 18.2 Å². The fourth-order valence-electron chi connectivity index (χ4n) is 2.89. The zero-order chi connectivity index (χ0) is 11.7. The van der Waals surface area contributed by atoms with Crippen LogP contribution < -0.4 is 5.73 Å². The lowest BCUT2D eigenvalue weighted by Crippen LogP contribution is -2.36. The predicted octanol–water partition coefficient (Wildman–Crippen LogP) is 1.81. The largest absolute Gasteiger partial charge is 0.398 e. The van der Waals surface area contributed by atoms with Gasteiger partial charge in [0.25, 0.3) is 0 Å². The Labute approximate surface area is 103 Å². The van der Waals surface area contributed by atoms with E-state index in [4.69, 9.17) is 10.5 Å². The molecule has 1 fully saturated rings. The van der Waals surface area contributed by atoms with Gasteiger partial charge < -0.3 is 10.5 Å². The number of nitrogen functional groups attached to an aromatic ring is 1. The molecule has 1 aromatic rings. The second kappa shape index (κ2) is 4.67. The van der Waals surface area contributed by atoms with Gasteiger partial charge in [0.1, 0.15) is 0 Å². The van der Waals surface area contributed by atoms with Gasteiger partial charge in [-0.05, 0) is 36.5 Å². The van der Waals surface area contributed by atoms with Crippen molar-refractivity contribution in [1.29, 1.82) is 0 Å². The molecule has 0 spiro atoms. The van der Waals surface area contributed by atoms with Gasteiger partial charge in [0, 0.05) is 31.9 Å². The Morgan fingerprint density at radius 1 is 1.41 bits per heavy atom. The molecule has 2 aliphatic rings. The quantitative estimate of drug-likeness (QED) is 0.790. The fourth-order valence-corrected chi connectivity index (χ4v) is 2.89. The van der Waals surface area contributed by atoms with E-state index in [1.165, 1.54) is 24.0 Å². The molecule has 2 N–H and O–H groups in total. The summed E-state index contributed by atoms with van der Waals surface area (Å²) in [4.78, 5) is 2.48. The number of fused-ring (bicyclic) bond motifs is 1. The van der Waals surface area contributed by atoms with Crippen molar-refractivity contribution in [3.8, 4) is 0 Å². The number of rotatable bonds is 2. The molecule has 0 amide bonds. The van der Waals surface area contributed by atoms with Crippen molar-refractivity contribution in [2.75, 3.05) is 25.4 Å². The minimum absolute atomic E-state index is 0.446. The number of nitrogens with two attached hydrogens (primary N) is 1. The number of hydrogen-bond acceptors (Lipinski definition) is 3. The molecule has 0 aromatic heterocycles. The van der Waals surface area contributed by atoms with Crippen molar-refractivity contribution in [1.82, 2.24) is 4.90 Å². The second-order valence-electron chi connectivity index (χ2n) is 5.11.